The Morgan fingerprint density at radius 3 is 2.17 bits per heavy atom. The van der Waals surface area contributed by atoms with Crippen LogP contribution in [0, 0.1) is 10.1 Å². The van der Waals surface area contributed by atoms with Crippen molar-refractivity contribution in [3.05, 3.63) is 64.5 Å². The molecule has 0 saturated heterocycles. The van der Waals surface area contributed by atoms with E-state index in [-0.39, 0.29) is 17.3 Å². The van der Waals surface area contributed by atoms with Crippen LogP contribution in [0.25, 0.3) is 0 Å². The van der Waals surface area contributed by atoms with Crippen LogP contribution < -0.4 is 20.1 Å². The number of nitro groups is 1. The van der Waals surface area contributed by atoms with E-state index in [4.69, 9.17) is 9.47 Å². The first-order valence-electron chi connectivity index (χ1n) is 9.54. The molecule has 0 atom stereocenters. The Morgan fingerprint density at radius 2 is 1.53 bits per heavy atom. The maximum atomic E-state index is 11.8. The molecule has 9 heteroatoms. The highest BCUT2D eigenvalue weighted by atomic mass is 16.6. The first-order chi connectivity index (χ1) is 14.5. The number of nitrogens with one attached hydrogen (secondary N) is 2. The minimum absolute atomic E-state index is 0.0768. The molecule has 1 aliphatic heterocycles. The van der Waals surface area contributed by atoms with Crippen LogP contribution in [0.15, 0.2) is 48.8 Å². The first-order valence-corrected chi connectivity index (χ1v) is 9.54. The largest absolute Gasteiger partial charge is 0.486 e. The lowest BCUT2D eigenvalue weighted by molar-refractivity contribution is -0.383. The minimum atomic E-state index is -0.509. The molecule has 30 heavy (non-hydrogen) atoms. The number of hydrogen-bond donors (Lipinski definition) is 2. The van der Waals surface area contributed by atoms with Gasteiger partial charge in [0.25, 0.3) is 0 Å². The van der Waals surface area contributed by atoms with Crippen LogP contribution in [-0.2, 0) is 0 Å². The van der Waals surface area contributed by atoms with Crippen LogP contribution in [-0.4, -0.2) is 28.1 Å². The zero-order valence-electron chi connectivity index (χ0n) is 16.6. The molecule has 9 nitrogen and oxygen atoms in total. The Bertz CT molecular complexity index is 1070. The summed E-state index contributed by atoms with van der Waals surface area (Å²) in [6.45, 7) is 5.15. The van der Waals surface area contributed by atoms with Gasteiger partial charge in [-0.3, -0.25) is 10.1 Å². The van der Waals surface area contributed by atoms with E-state index in [0.717, 1.165) is 0 Å². The van der Waals surface area contributed by atoms with Gasteiger partial charge in [0.1, 0.15) is 19.5 Å². The summed E-state index contributed by atoms with van der Waals surface area (Å²) in [5.74, 6) is 1.79. The van der Waals surface area contributed by atoms with Gasteiger partial charge in [-0.25, -0.2) is 9.97 Å². The predicted molar refractivity (Wildman–Crippen MR) is 113 cm³/mol. The van der Waals surface area contributed by atoms with Gasteiger partial charge in [-0.15, -0.1) is 0 Å². The van der Waals surface area contributed by atoms with Gasteiger partial charge in [0.2, 0.25) is 11.6 Å². The lowest BCUT2D eigenvalue weighted by Crippen LogP contribution is -2.15. The molecular formula is C21H21N5O4. The lowest BCUT2D eigenvalue weighted by Gasteiger charge is -2.19. The van der Waals surface area contributed by atoms with E-state index in [2.05, 4.69) is 34.4 Å². The van der Waals surface area contributed by atoms with E-state index >= 15 is 0 Å². The number of nitrogens with zero attached hydrogens (tertiary/aromatic N) is 3. The fourth-order valence-electron chi connectivity index (χ4n) is 3.08. The monoisotopic (exact) mass is 407 g/mol. The second-order valence-electron chi connectivity index (χ2n) is 7.06. The van der Waals surface area contributed by atoms with E-state index < -0.39 is 4.92 Å². The Hall–Kier alpha value is -3.88. The molecule has 1 aliphatic rings. The van der Waals surface area contributed by atoms with Crippen molar-refractivity contribution in [1.29, 1.82) is 0 Å². The number of aromatic nitrogens is 2. The summed E-state index contributed by atoms with van der Waals surface area (Å²) >= 11 is 0. The van der Waals surface area contributed by atoms with E-state index in [1.807, 2.05) is 24.3 Å². The zero-order chi connectivity index (χ0) is 21.1. The summed E-state index contributed by atoms with van der Waals surface area (Å²) in [5.41, 5.74) is 2.22. The van der Waals surface area contributed by atoms with Gasteiger partial charge >= 0.3 is 5.69 Å². The van der Waals surface area contributed by atoms with Crippen molar-refractivity contribution in [2.45, 2.75) is 19.8 Å². The van der Waals surface area contributed by atoms with Crippen molar-refractivity contribution < 1.29 is 14.4 Å². The number of hydrogen-bond acceptors (Lipinski definition) is 8. The molecule has 0 spiro atoms. The Labute approximate surface area is 173 Å². The molecular weight excluding hydrogens is 386 g/mol. The van der Waals surface area contributed by atoms with E-state index in [1.165, 1.54) is 11.9 Å². The standard InChI is InChI=1S/C21H21N5O4/c1-13(2)14-3-5-15(6-4-14)24-20-19(26(27)28)21(23-12-22-20)25-16-7-8-17-18(11-16)30-10-9-29-17/h3-8,11-13H,9-10H2,1-2H3,(H2,22,23,24,25). The third-order valence-corrected chi connectivity index (χ3v) is 4.65. The molecule has 1 aromatic heterocycles. The summed E-state index contributed by atoms with van der Waals surface area (Å²) in [4.78, 5) is 19.4. The van der Waals surface area contributed by atoms with E-state index in [9.17, 15) is 10.1 Å². The van der Waals surface area contributed by atoms with Crippen LogP contribution in [0.5, 0.6) is 11.5 Å². The summed E-state index contributed by atoms with van der Waals surface area (Å²) < 4.78 is 11.1. The quantitative estimate of drug-likeness (QED) is 0.444. The Kier molecular flexibility index (Phi) is 5.34. The second-order valence-corrected chi connectivity index (χ2v) is 7.06. The van der Waals surface area contributed by atoms with Crippen molar-refractivity contribution in [3.8, 4) is 11.5 Å². The molecule has 2 heterocycles. The fourth-order valence-corrected chi connectivity index (χ4v) is 3.08. The summed E-state index contributed by atoms with van der Waals surface area (Å²) in [7, 11) is 0. The number of fused-ring (bicyclic) bond motifs is 1. The Morgan fingerprint density at radius 1 is 0.933 bits per heavy atom. The SMILES string of the molecule is CC(C)c1ccc(Nc2ncnc(Nc3ccc4c(c3)OCCO4)c2[N+](=O)[O-])cc1. The lowest BCUT2D eigenvalue weighted by atomic mass is 10.0. The molecule has 0 radical (unpaired) electrons. The molecule has 0 fully saturated rings. The topological polar surface area (TPSA) is 111 Å². The highest BCUT2D eigenvalue weighted by Crippen LogP contribution is 2.36. The van der Waals surface area contributed by atoms with Gasteiger partial charge in [0.15, 0.2) is 11.5 Å². The molecule has 0 unspecified atom stereocenters. The molecule has 0 amide bonds. The van der Waals surface area contributed by atoms with Crippen LogP contribution in [0.1, 0.15) is 25.3 Å². The maximum Gasteiger partial charge on any atom is 0.353 e. The smallest absolute Gasteiger partial charge is 0.353 e. The molecule has 2 aromatic carbocycles. The van der Waals surface area contributed by atoms with Gasteiger partial charge in [0.05, 0.1) is 4.92 Å². The maximum absolute atomic E-state index is 11.8. The van der Waals surface area contributed by atoms with Crippen molar-refractivity contribution in [2.24, 2.45) is 0 Å². The fraction of sp³-hybridized carbons (Fsp3) is 0.238. The van der Waals surface area contributed by atoms with Gasteiger partial charge < -0.3 is 20.1 Å². The summed E-state index contributed by atoms with van der Waals surface area (Å²) in [6, 6.07) is 12.9. The minimum Gasteiger partial charge on any atom is -0.486 e. The third kappa shape index (κ3) is 4.09. The third-order valence-electron chi connectivity index (χ3n) is 4.65. The highest BCUT2D eigenvalue weighted by molar-refractivity contribution is 5.77. The Balaban J connectivity index is 1.62. The van der Waals surface area contributed by atoms with E-state index in [0.29, 0.717) is 42.0 Å². The highest BCUT2D eigenvalue weighted by Gasteiger charge is 2.24. The summed E-state index contributed by atoms with van der Waals surface area (Å²) in [5, 5.41) is 17.8. The molecule has 2 N–H and O–H groups in total. The van der Waals surface area contributed by atoms with Crippen molar-refractivity contribution in [3.63, 3.8) is 0 Å². The number of ether oxygens (including phenoxy) is 2. The number of anilines is 4. The zero-order valence-corrected chi connectivity index (χ0v) is 16.6. The van der Waals surface area contributed by atoms with Crippen molar-refractivity contribution in [1.82, 2.24) is 9.97 Å². The average molecular weight is 407 g/mol. The van der Waals surface area contributed by atoms with Crippen molar-refractivity contribution in [2.75, 3.05) is 23.8 Å². The molecule has 154 valence electrons. The van der Waals surface area contributed by atoms with Crippen molar-refractivity contribution >= 4 is 28.7 Å². The molecule has 0 aliphatic carbocycles. The van der Waals surface area contributed by atoms with E-state index in [1.54, 1.807) is 18.2 Å². The predicted octanol–water partition coefficient (Wildman–Crippen LogP) is 4.77. The first kappa shape index (κ1) is 19.4. The average Bonchev–Trinajstić information content (AvgIpc) is 2.74. The number of rotatable bonds is 6. The molecule has 0 bridgehead atoms. The van der Waals surface area contributed by atoms with Gasteiger partial charge in [-0.05, 0) is 35.7 Å². The normalized spacial score (nSPS) is 12.5. The van der Waals surface area contributed by atoms with Gasteiger partial charge in [-0.1, -0.05) is 26.0 Å². The van der Waals surface area contributed by atoms with Gasteiger partial charge in [0, 0.05) is 17.4 Å². The molecule has 3 aromatic rings. The van der Waals surface area contributed by atoms with Crippen LogP contribution in [0.2, 0.25) is 0 Å². The second kappa shape index (κ2) is 8.24. The number of benzene rings is 2. The van der Waals surface area contributed by atoms with Crippen LogP contribution in [0.3, 0.4) is 0 Å². The molecule has 0 saturated carbocycles. The summed E-state index contributed by atoms with van der Waals surface area (Å²) in [6.07, 6.45) is 1.28. The van der Waals surface area contributed by atoms with Crippen LogP contribution in [0.4, 0.5) is 28.7 Å². The van der Waals surface area contributed by atoms with Crippen LogP contribution >= 0.6 is 0 Å². The van der Waals surface area contributed by atoms with Gasteiger partial charge in [-0.2, -0.15) is 0 Å². The molecule has 4 rings (SSSR count).